The summed E-state index contributed by atoms with van der Waals surface area (Å²) >= 11 is 0. The topological polar surface area (TPSA) is 57.8 Å². The molecule has 0 radical (unpaired) electrons. The molecule has 0 aliphatic rings. The molecule has 4 heteroatoms. The highest BCUT2D eigenvalue weighted by atomic mass is 16.1. The Morgan fingerprint density at radius 3 is 2.64 bits per heavy atom. The van der Waals surface area contributed by atoms with Gasteiger partial charge in [-0.05, 0) is 62.2 Å². The fourth-order valence-electron chi connectivity index (χ4n) is 2.62. The number of nitrogens with one attached hydrogen (secondary N) is 2. The molecular weight excluding hydrogens is 274 g/mol. The predicted molar refractivity (Wildman–Crippen MR) is 87.9 cm³/mol. The Kier molecular flexibility index (Phi) is 3.67. The van der Waals surface area contributed by atoms with Crippen molar-refractivity contribution in [3.63, 3.8) is 0 Å². The first-order valence-electron chi connectivity index (χ1n) is 7.36. The van der Waals surface area contributed by atoms with Crippen LogP contribution in [0.25, 0.3) is 10.9 Å². The lowest BCUT2D eigenvalue weighted by molar-refractivity contribution is 0.0940. The van der Waals surface area contributed by atoms with Crippen LogP contribution < -0.4 is 5.32 Å². The van der Waals surface area contributed by atoms with Gasteiger partial charge in [0.25, 0.3) is 5.91 Å². The van der Waals surface area contributed by atoms with Crippen molar-refractivity contribution in [2.75, 3.05) is 0 Å². The van der Waals surface area contributed by atoms with Crippen molar-refractivity contribution in [1.29, 1.82) is 0 Å². The van der Waals surface area contributed by atoms with E-state index >= 15 is 0 Å². The van der Waals surface area contributed by atoms with Crippen LogP contribution in [0.5, 0.6) is 0 Å². The summed E-state index contributed by atoms with van der Waals surface area (Å²) < 4.78 is 0. The zero-order chi connectivity index (χ0) is 15.7. The van der Waals surface area contributed by atoms with Crippen LogP contribution in [-0.4, -0.2) is 15.9 Å². The Hall–Kier alpha value is -2.62. The summed E-state index contributed by atoms with van der Waals surface area (Å²) in [5, 5.41) is 4.13. The summed E-state index contributed by atoms with van der Waals surface area (Å²) in [4.78, 5) is 19.8. The van der Waals surface area contributed by atoms with Gasteiger partial charge in [0.15, 0.2) is 0 Å². The maximum atomic E-state index is 12.5. The molecule has 0 aliphatic heterocycles. The van der Waals surface area contributed by atoms with E-state index in [0.717, 1.165) is 22.2 Å². The van der Waals surface area contributed by atoms with Crippen LogP contribution in [0.15, 0.2) is 42.7 Å². The molecule has 1 aromatic carbocycles. The molecular formula is C18H19N3O. The van der Waals surface area contributed by atoms with E-state index in [1.165, 1.54) is 5.56 Å². The Bertz CT molecular complexity index is 821. The van der Waals surface area contributed by atoms with Crippen LogP contribution >= 0.6 is 0 Å². The molecule has 0 spiro atoms. The van der Waals surface area contributed by atoms with Gasteiger partial charge in [-0.25, -0.2) is 0 Å². The highest BCUT2D eigenvalue weighted by molar-refractivity contribution is 5.99. The molecule has 2 N–H and O–H groups in total. The number of aryl methyl sites for hydroxylation is 2. The van der Waals surface area contributed by atoms with Crippen molar-refractivity contribution in [2.24, 2.45) is 0 Å². The second-order valence-corrected chi connectivity index (χ2v) is 5.61. The average Bonchev–Trinajstić information content (AvgIpc) is 2.82. The second-order valence-electron chi connectivity index (χ2n) is 5.61. The average molecular weight is 293 g/mol. The number of nitrogens with zero attached hydrogens (tertiary/aromatic N) is 1. The molecule has 2 aromatic heterocycles. The number of pyridine rings is 1. The molecule has 112 valence electrons. The fraction of sp³-hybridized carbons (Fsp3) is 0.222. The van der Waals surface area contributed by atoms with Gasteiger partial charge >= 0.3 is 0 Å². The summed E-state index contributed by atoms with van der Waals surface area (Å²) in [5.74, 6) is -0.0653. The lowest BCUT2D eigenvalue weighted by Gasteiger charge is -2.14. The molecule has 4 nitrogen and oxygen atoms in total. The summed E-state index contributed by atoms with van der Waals surface area (Å²) in [7, 11) is 0. The monoisotopic (exact) mass is 293 g/mol. The summed E-state index contributed by atoms with van der Waals surface area (Å²) in [6.45, 7) is 6.08. The van der Waals surface area contributed by atoms with Crippen molar-refractivity contribution in [2.45, 2.75) is 26.8 Å². The molecule has 2 heterocycles. The SMILES string of the molecule is Cc1[nH]c2ccc(C(=O)NC(C)c3ccncc3)cc2c1C. The van der Waals surface area contributed by atoms with Crippen molar-refractivity contribution >= 4 is 16.8 Å². The number of rotatable bonds is 3. The van der Waals surface area contributed by atoms with Gasteiger partial charge in [0.1, 0.15) is 0 Å². The third-order valence-electron chi connectivity index (χ3n) is 4.12. The fourth-order valence-corrected chi connectivity index (χ4v) is 2.62. The highest BCUT2D eigenvalue weighted by Gasteiger charge is 2.13. The van der Waals surface area contributed by atoms with Crippen LogP contribution in [0.1, 0.15) is 40.1 Å². The van der Waals surface area contributed by atoms with Gasteiger partial charge in [-0.15, -0.1) is 0 Å². The van der Waals surface area contributed by atoms with Crippen LogP contribution in [0.3, 0.4) is 0 Å². The first-order valence-corrected chi connectivity index (χ1v) is 7.36. The van der Waals surface area contributed by atoms with Gasteiger partial charge in [0.05, 0.1) is 6.04 Å². The van der Waals surface area contributed by atoms with Crippen LogP contribution in [0.4, 0.5) is 0 Å². The number of amides is 1. The normalized spacial score (nSPS) is 12.3. The lowest BCUT2D eigenvalue weighted by atomic mass is 10.1. The number of fused-ring (bicyclic) bond motifs is 1. The standard InChI is InChI=1S/C18H19N3O/c1-11-12(2)20-17-5-4-15(10-16(11)17)18(22)21-13(3)14-6-8-19-9-7-14/h4-10,13,20H,1-3H3,(H,21,22). The summed E-state index contributed by atoms with van der Waals surface area (Å²) in [5.41, 5.74) is 5.10. The number of carbonyl (C=O) groups is 1. The number of benzene rings is 1. The molecule has 0 aliphatic carbocycles. The molecule has 1 amide bonds. The number of H-pyrrole nitrogens is 1. The number of carbonyl (C=O) groups excluding carboxylic acids is 1. The maximum absolute atomic E-state index is 12.5. The van der Waals surface area contributed by atoms with E-state index in [1.807, 2.05) is 44.2 Å². The van der Waals surface area contributed by atoms with E-state index < -0.39 is 0 Å². The van der Waals surface area contributed by atoms with Crippen LogP contribution in [0.2, 0.25) is 0 Å². The van der Waals surface area contributed by atoms with E-state index in [-0.39, 0.29) is 11.9 Å². The second kappa shape index (κ2) is 5.64. The molecule has 0 saturated carbocycles. The number of hydrogen-bond donors (Lipinski definition) is 2. The zero-order valence-corrected chi connectivity index (χ0v) is 13.0. The van der Waals surface area contributed by atoms with E-state index in [4.69, 9.17) is 0 Å². The lowest BCUT2D eigenvalue weighted by Crippen LogP contribution is -2.26. The Morgan fingerprint density at radius 1 is 1.18 bits per heavy atom. The van der Waals surface area contributed by atoms with Crippen molar-refractivity contribution in [1.82, 2.24) is 15.3 Å². The molecule has 0 bridgehead atoms. The maximum Gasteiger partial charge on any atom is 0.251 e. The number of hydrogen-bond acceptors (Lipinski definition) is 2. The Balaban J connectivity index is 1.84. The molecule has 0 fully saturated rings. The third-order valence-corrected chi connectivity index (χ3v) is 4.12. The van der Waals surface area contributed by atoms with Gasteiger partial charge in [-0.1, -0.05) is 0 Å². The summed E-state index contributed by atoms with van der Waals surface area (Å²) in [6, 6.07) is 9.53. The Morgan fingerprint density at radius 2 is 1.91 bits per heavy atom. The molecule has 0 saturated heterocycles. The first kappa shape index (κ1) is 14.3. The van der Waals surface area contributed by atoms with E-state index in [2.05, 4.69) is 22.2 Å². The number of aromatic amines is 1. The van der Waals surface area contributed by atoms with Crippen molar-refractivity contribution in [3.8, 4) is 0 Å². The van der Waals surface area contributed by atoms with E-state index in [9.17, 15) is 4.79 Å². The predicted octanol–water partition coefficient (Wildman–Crippen LogP) is 3.67. The molecule has 3 aromatic rings. The van der Waals surface area contributed by atoms with E-state index in [1.54, 1.807) is 12.4 Å². The number of aromatic nitrogens is 2. The quantitative estimate of drug-likeness (QED) is 0.774. The minimum absolute atomic E-state index is 0.0553. The van der Waals surface area contributed by atoms with Crippen LogP contribution in [-0.2, 0) is 0 Å². The van der Waals surface area contributed by atoms with Crippen LogP contribution in [0, 0.1) is 13.8 Å². The largest absolute Gasteiger partial charge is 0.358 e. The van der Waals surface area contributed by atoms with Gasteiger partial charge in [0, 0.05) is 34.6 Å². The van der Waals surface area contributed by atoms with Crippen molar-refractivity contribution in [3.05, 3.63) is 65.1 Å². The smallest absolute Gasteiger partial charge is 0.251 e. The first-order chi connectivity index (χ1) is 10.6. The molecule has 3 rings (SSSR count). The molecule has 1 atom stereocenters. The van der Waals surface area contributed by atoms with Crippen molar-refractivity contribution < 1.29 is 4.79 Å². The van der Waals surface area contributed by atoms with Gasteiger partial charge in [0.2, 0.25) is 0 Å². The third kappa shape index (κ3) is 2.60. The minimum Gasteiger partial charge on any atom is -0.358 e. The molecule has 1 unspecified atom stereocenters. The highest BCUT2D eigenvalue weighted by Crippen LogP contribution is 2.22. The van der Waals surface area contributed by atoms with Gasteiger partial charge in [-0.2, -0.15) is 0 Å². The summed E-state index contributed by atoms with van der Waals surface area (Å²) in [6.07, 6.45) is 3.46. The molecule has 22 heavy (non-hydrogen) atoms. The minimum atomic E-state index is -0.0653. The zero-order valence-electron chi connectivity index (χ0n) is 13.0. The van der Waals surface area contributed by atoms with Gasteiger partial charge < -0.3 is 10.3 Å². The van der Waals surface area contributed by atoms with E-state index in [0.29, 0.717) is 5.56 Å². The Labute approximate surface area is 129 Å². The van der Waals surface area contributed by atoms with Gasteiger partial charge in [-0.3, -0.25) is 9.78 Å².